The van der Waals surface area contributed by atoms with Crippen LogP contribution < -0.4 is 5.32 Å². The molecule has 1 atom stereocenters. The number of hydrogen-bond donors (Lipinski definition) is 1. The molecule has 112 valence electrons. The molecule has 2 aromatic rings. The second-order valence-electron chi connectivity index (χ2n) is 5.01. The molecular formula is C17H18Br2ClN. The molecular weight excluding hydrogens is 413 g/mol. The highest BCUT2D eigenvalue weighted by Gasteiger charge is 2.15. The molecule has 1 unspecified atom stereocenters. The maximum atomic E-state index is 6.10. The van der Waals surface area contributed by atoms with Crippen molar-refractivity contribution in [2.24, 2.45) is 0 Å². The Morgan fingerprint density at radius 2 is 1.95 bits per heavy atom. The van der Waals surface area contributed by atoms with E-state index < -0.39 is 0 Å². The summed E-state index contributed by atoms with van der Waals surface area (Å²) in [6, 6.07) is 14.6. The van der Waals surface area contributed by atoms with E-state index in [4.69, 9.17) is 11.6 Å². The average Bonchev–Trinajstić information content (AvgIpc) is 2.46. The number of halogens is 3. The van der Waals surface area contributed by atoms with Gasteiger partial charge < -0.3 is 5.32 Å². The van der Waals surface area contributed by atoms with Gasteiger partial charge in [-0.2, -0.15) is 0 Å². The number of benzene rings is 2. The van der Waals surface area contributed by atoms with E-state index in [1.807, 2.05) is 24.3 Å². The lowest BCUT2D eigenvalue weighted by atomic mass is 9.98. The van der Waals surface area contributed by atoms with Crippen LogP contribution in [-0.4, -0.2) is 6.54 Å². The lowest BCUT2D eigenvalue weighted by Gasteiger charge is -2.21. The summed E-state index contributed by atoms with van der Waals surface area (Å²) in [5, 5.41) is 4.41. The van der Waals surface area contributed by atoms with Crippen molar-refractivity contribution >= 4 is 43.5 Å². The Morgan fingerprint density at radius 1 is 1.14 bits per heavy atom. The third-order valence-corrected chi connectivity index (χ3v) is 4.75. The summed E-state index contributed by atoms with van der Waals surface area (Å²) in [4.78, 5) is 0. The summed E-state index contributed by atoms with van der Waals surface area (Å²) in [5.41, 5.74) is 2.50. The van der Waals surface area contributed by atoms with Crippen molar-refractivity contribution in [2.45, 2.75) is 25.8 Å². The molecule has 1 nitrogen and oxygen atoms in total. The highest BCUT2D eigenvalue weighted by atomic mass is 79.9. The minimum absolute atomic E-state index is 0.260. The average molecular weight is 432 g/mol. The van der Waals surface area contributed by atoms with E-state index in [1.54, 1.807) is 0 Å². The standard InChI is InChI=1S/C17H18Br2ClN/c1-2-8-21-17(10-12-4-3-5-14(20)9-12)15-11-13(18)6-7-16(15)19/h3-7,9,11,17,21H,2,8,10H2,1H3. The fraction of sp³-hybridized carbons (Fsp3) is 0.294. The van der Waals surface area contributed by atoms with Gasteiger partial charge in [0.1, 0.15) is 0 Å². The van der Waals surface area contributed by atoms with Crippen molar-refractivity contribution in [3.05, 3.63) is 67.6 Å². The lowest BCUT2D eigenvalue weighted by Crippen LogP contribution is -2.24. The Labute approximate surface area is 148 Å². The van der Waals surface area contributed by atoms with Crippen LogP contribution >= 0.6 is 43.5 Å². The smallest absolute Gasteiger partial charge is 0.0408 e. The Balaban J connectivity index is 2.27. The van der Waals surface area contributed by atoms with Crippen molar-refractivity contribution in [1.29, 1.82) is 0 Å². The van der Waals surface area contributed by atoms with Crippen LogP contribution in [0.15, 0.2) is 51.4 Å². The topological polar surface area (TPSA) is 12.0 Å². The molecule has 0 fully saturated rings. The Kier molecular flexibility index (Phi) is 6.74. The zero-order chi connectivity index (χ0) is 15.2. The first kappa shape index (κ1) is 17.0. The number of rotatable bonds is 6. The van der Waals surface area contributed by atoms with Crippen LogP contribution in [0.5, 0.6) is 0 Å². The zero-order valence-corrected chi connectivity index (χ0v) is 15.8. The molecule has 0 spiro atoms. The lowest BCUT2D eigenvalue weighted by molar-refractivity contribution is 0.527. The van der Waals surface area contributed by atoms with E-state index in [-0.39, 0.29) is 6.04 Å². The molecule has 0 heterocycles. The Morgan fingerprint density at radius 3 is 2.67 bits per heavy atom. The molecule has 0 aliphatic carbocycles. The molecule has 0 aromatic heterocycles. The molecule has 21 heavy (non-hydrogen) atoms. The van der Waals surface area contributed by atoms with E-state index in [1.165, 1.54) is 11.1 Å². The maximum Gasteiger partial charge on any atom is 0.0408 e. The van der Waals surface area contributed by atoms with Gasteiger partial charge >= 0.3 is 0 Å². The normalized spacial score (nSPS) is 12.4. The molecule has 2 rings (SSSR count). The molecule has 0 radical (unpaired) electrons. The summed E-state index contributed by atoms with van der Waals surface area (Å²) in [6.07, 6.45) is 2.02. The minimum Gasteiger partial charge on any atom is -0.310 e. The summed E-state index contributed by atoms with van der Waals surface area (Å²) in [7, 11) is 0. The Bertz CT molecular complexity index is 601. The summed E-state index contributed by atoms with van der Waals surface area (Å²) >= 11 is 13.3. The first-order chi connectivity index (χ1) is 10.1. The summed E-state index contributed by atoms with van der Waals surface area (Å²) < 4.78 is 2.22. The number of nitrogens with one attached hydrogen (secondary N) is 1. The van der Waals surface area contributed by atoms with Crippen LogP contribution in [0, 0.1) is 0 Å². The molecule has 4 heteroatoms. The second-order valence-corrected chi connectivity index (χ2v) is 7.21. The van der Waals surface area contributed by atoms with Crippen molar-refractivity contribution in [1.82, 2.24) is 5.32 Å². The predicted molar refractivity (Wildman–Crippen MR) is 98.0 cm³/mol. The van der Waals surface area contributed by atoms with Crippen LogP contribution in [0.2, 0.25) is 5.02 Å². The van der Waals surface area contributed by atoms with Gasteiger partial charge in [0.05, 0.1) is 0 Å². The van der Waals surface area contributed by atoms with Crippen LogP contribution in [0.25, 0.3) is 0 Å². The zero-order valence-electron chi connectivity index (χ0n) is 11.9. The Hall–Kier alpha value is -0.350. The van der Waals surface area contributed by atoms with E-state index >= 15 is 0 Å². The third kappa shape index (κ3) is 5.10. The predicted octanol–water partition coefficient (Wildman–Crippen LogP) is 6.15. The van der Waals surface area contributed by atoms with Gasteiger partial charge in [0.25, 0.3) is 0 Å². The van der Waals surface area contributed by atoms with Gasteiger partial charge in [0.15, 0.2) is 0 Å². The fourth-order valence-electron chi connectivity index (χ4n) is 2.29. The van der Waals surface area contributed by atoms with Gasteiger partial charge in [0.2, 0.25) is 0 Å². The molecule has 0 aliphatic heterocycles. The van der Waals surface area contributed by atoms with Crippen molar-refractivity contribution < 1.29 is 0 Å². The van der Waals surface area contributed by atoms with Crippen LogP contribution in [-0.2, 0) is 6.42 Å². The van der Waals surface area contributed by atoms with Gasteiger partial charge in [-0.25, -0.2) is 0 Å². The van der Waals surface area contributed by atoms with E-state index in [0.717, 1.165) is 33.4 Å². The highest BCUT2D eigenvalue weighted by Crippen LogP contribution is 2.29. The highest BCUT2D eigenvalue weighted by molar-refractivity contribution is 9.11. The van der Waals surface area contributed by atoms with Gasteiger partial charge in [-0.1, -0.05) is 62.5 Å². The third-order valence-electron chi connectivity index (χ3n) is 3.30. The van der Waals surface area contributed by atoms with Gasteiger partial charge in [-0.05, 0) is 60.8 Å². The number of hydrogen-bond acceptors (Lipinski definition) is 1. The van der Waals surface area contributed by atoms with E-state index in [0.29, 0.717) is 0 Å². The minimum atomic E-state index is 0.260. The fourth-order valence-corrected chi connectivity index (χ4v) is 3.41. The summed E-state index contributed by atoms with van der Waals surface area (Å²) in [5.74, 6) is 0. The molecule has 0 amide bonds. The van der Waals surface area contributed by atoms with Gasteiger partial charge in [-0.15, -0.1) is 0 Å². The molecule has 0 bridgehead atoms. The van der Waals surface area contributed by atoms with Crippen molar-refractivity contribution in [2.75, 3.05) is 6.54 Å². The second kappa shape index (κ2) is 8.33. The first-order valence-electron chi connectivity index (χ1n) is 7.03. The SMILES string of the molecule is CCCNC(Cc1cccc(Cl)c1)c1cc(Br)ccc1Br. The van der Waals surface area contributed by atoms with Gasteiger partial charge in [0, 0.05) is 20.0 Å². The van der Waals surface area contributed by atoms with Crippen LogP contribution in [0.4, 0.5) is 0 Å². The maximum absolute atomic E-state index is 6.10. The quantitative estimate of drug-likeness (QED) is 0.579. The van der Waals surface area contributed by atoms with Crippen LogP contribution in [0.3, 0.4) is 0 Å². The molecule has 1 N–H and O–H groups in total. The molecule has 0 saturated heterocycles. The largest absolute Gasteiger partial charge is 0.310 e. The van der Waals surface area contributed by atoms with Crippen molar-refractivity contribution in [3.8, 4) is 0 Å². The van der Waals surface area contributed by atoms with E-state index in [2.05, 4.69) is 62.3 Å². The molecule has 0 saturated carbocycles. The van der Waals surface area contributed by atoms with Crippen LogP contribution in [0.1, 0.15) is 30.5 Å². The molecule has 0 aliphatic rings. The van der Waals surface area contributed by atoms with Crippen molar-refractivity contribution in [3.63, 3.8) is 0 Å². The monoisotopic (exact) mass is 429 g/mol. The van der Waals surface area contributed by atoms with E-state index in [9.17, 15) is 0 Å². The summed E-state index contributed by atoms with van der Waals surface area (Å²) in [6.45, 7) is 3.17. The molecule has 2 aromatic carbocycles. The van der Waals surface area contributed by atoms with Gasteiger partial charge in [-0.3, -0.25) is 0 Å². The first-order valence-corrected chi connectivity index (χ1v) is 8.99.